The molecule has 0 aromatic heterocycles. The summed E-state index contributed by atoms with van der Waals surface area (Å²) in [5.41, 5.74) is 3.10. The van der Waals surface area contributed by atoms with Crippen LogP contribution in [0.25, 0.3) is 0 Å². The second-order valence-corrected chi connectivity index (χ2v) is 1.37. The van der Waals surface area contributed by atoms with E-state index in [4.69, 9.17) is 1.41 Å². The first kappa shape index (κ1) is 3.08. The Kier molecular flexibility index (Phi) is 0.724. The average molecular weight is 95.1 g/mol. The van der Waals surface area contributed by atoms with Gasteiger partial charge in [-0.15, -0.1) is 0 Å². The van der Waals surface area contributed by atoms with Crippen molar-refractivity contribution < 1.29 is 1.41 Å². The first-order valence-corrected chi connectivity index (χ1v) is 2.16. The van der Waals surface area contributed by atoms with E-state index in [0.717, 1.165) is 5.69 Å². The second kappa shape index (κ2) is 1.65. The molecular weight excluding hydrogens is 86.1 g/mol. The van der Waals surface area contributed by atoms with E-state index in [-0.39, 0.29) is 0 Å². The van der Waals surface area contributed by atoms with Gasteiger partial charge in [0.25, 0.3) is 0 Å². The van der Waals surface area contributed by atoms with Crippen LogP contribution in [0.1, 0.15) is 0 Å². The minimum absolute atomic E-state index is 0.826. The van der Waals surface area contributed by atoms with E-state index >= 15 is 0 Å². The second-order valence-electron chi connectivity index (χ2n) is 1.37. The van der Waals surface area contributed by atoms with Crippen LogP contribution in [0, 0.1) is 0 Å². The van der Waals surface area contributed by atoms with Crippen LogP contribution in [0.4, 0.5) is 5.69 Å². The summed E-state index contributed by atoms with van der Waals surface area (Å²) in [5.74, 6) is 0. The van der Waals surface area contributed by atoms with Crippen LogP contribution in [-0.4, -0.2) is 0 Å². The summed E-state index contributed by atoms with van der Waals surface area (Å²) in [6.07, 6.45) is 0. The van der Waals surface area contributed by atoms with Gasteiger partial charge in [0, 0.05) is 5.69 Å². The number of nitrogen functional groups attached to an aromatic ring is 1. The summed E-state index contributed by atoms with van der Waals surface area (Å²) in [6.45, 7) is 0. The van der Waals surface area contributed by atoms with Gasteiger partial charge in [0.1, 0.15) is 0 Å². The summed E-state index contributed by atoms with van der Waals surface area (Å²) < 4.78 is 6.69. The number of rotatable bonds is 1. The topological polar surface area (TPSA) is 26.0 Å². The molecule has 0 saturated carbocycles. The summed E-state index contributed by atoms with van der Waals surface area (Å²) >= 11 is 0. The molecule has 36 valence electrons. The van der Waals surface area contributed by atoms with Crippen molar-refractivity contribution in [2.75, 3.05) is 5.73 Å². The maximum absolute atomic E-state index is 6.69. The molecule has 1 heteroatoms. The molecule has 1 aromatic carbocycles. The van der Waals surface area contributed by atoms with Crippen molar-refractivity contribution in [3.63, 3.8) is 0 Å². The molecule has 0 spiro atoms. The Morgan fingerprint density at radius 1 is 1.29 bits per heavy atom. The summed E-state index contributed by atoms with van der Waals surface area (Å²) in [6, 6.07) is 9.37. The highest BCUT2D eigenvalue weighted by atomic mass is 14.5. The van der Waals surface area contributed by atoms with E-state index in [9.17, 15) is 0 Å². The average Bonchev–Trinajstić information content (AvgIpc) is 1.90. The maximum atomic E-state index is 6.69. The zero-order valence-corrected chi connectivity index (χ0v) is 3.89. The van der Waals surface area contributed by atoms with Gasteiger partial charge in [-0.05, 0) is 12.1 Å². The molecule has 0 aliphatic rings. The Morgan fingerprint density at radius 3 is 2.43 bits per heavy atom. The molecule has 0 atom stereocenters. The number of hydrogen-bond acceptors (Lipinski definition) is 1. The van der Waals surface area contributed by atoms with Crippen molar-refractivity contribution in [1.82, 2.24) is 0 Å². The molecule has 0 fully saturated rings. The van der Waals surface area contributed by atoms with Gasteiger partial charge < -0.3 is 5.73 Å². The molecule has 0 bridgehead atoms. The zero-order valence-electron chi connectivity index (χ0n) is 4.89. The highest BCUT2D eigenvalue weighted by Gasteiger charge is 1.72. The lowest BCUT2D eigenvalue weighted by Crippen LogP contribution is -1.79. The lowest BCUT2D eigenvalue weighted by molar-refractivity contribution is 1.69. The summed E-state index contributed by atoms with van der Waals surface area (Å²) in [7, 11) is 0. The molecule has 0 aliphatic carbocycles. The summed E-state index contributed by atoms with van der Waals surface area (Å²) in [5, 5.41) is 0. The monoisotopic (exact) mass is 95.1 g/mol. The van der Waals surface area contributed by atoms with E-state index in [1.165, 1.54) is 0 Å². The molecule has 0 aliphatic heterocycles. The molecular formula is C6H7N. The Labute approximate surface area is 44.2 Å². The molecule has 0 unspecified atom stereocenters. The fourth-order valence-electron chi connectivity index (χ4n) is 0.438. The molecule has 2 N–H and O–H groups in total. The van der Waals surface area contributed by atoms with E-state index in [1.54, 1.807) is 0 Å². The van der Waals surface area contributed by atoms with Crippen molar-refractivity contribution in [3.05, 3.63) is 30.3 Å². The summed E-state index contributed by atoms with van der Waals surface area (Å²) in [4.78, 5) is 0. The van der Waals surface area contributed by atoms with Gasteiger partial charge in [-0.1, -0.05) is 18.2 Å². The number of para-hydroxylation sites is 1. The molecule has 0 radical (unpaired) electrons. The minimum Gasteiger partial charge on any atom is -0.399 e. The number of anilines is 1. The van der Waals surface area contributed by atoms with Gasteiger partial charge in [-0.3, -0.25) is 0 Å². The molecule has 0 heterocycles. The van der Waals surface area contributed by atoms with Crippen molar-refractivity contribution in [2.45, 2.75) is 0 Å². The highest BCUT2D eigenvalue weighted by molar-refractivity contribution is 5.35. The molecule has 0 amide bonds. The third-order valence-corrected chi connectivity index (χ3v) is 0.774. The van der Waals surface area contributed by atoms with Gasteiger partial charge in [0.05, 0.1) is 0 Å². The zero-order chi connectivity index (χ0) is 5.82. The van der Waals surface area contributed by atoms with Gasteiger partial charge >= 0.3 is 0 Å². The van der Waals surface area contributed by atoms with Crippen LogP contribution in [-0.2, 0) is 0 Å². The van der Waals surface area contributed by atoms with Gasteiger partial charge in [0.15, 0.2) is 1.41 Å². The highest BCUT2D eigenvalue weighted by Crippen LogP contribution is 1.95. The smallest absolute Gasteiger partial charge is 0.156 e. The standard InChI is InChI=1S/C6H7N/c7-6-4-2-1-3-5-6/h1-5H,7H2/i/hT. The third-order valence-electron chi connectivity index (χ3n) is 0.774. The Morgan fingerprint density at radius 2 is 2.00 bits per heavy atom. The first-order valence-electron chi connectivity index (χ1n) is 2.66. The molecule has 1 nitrogen and oxygen atoms in total. The van der Waals surface area contributed by atoms with Crippen LogP contribution >= 0.6 is 0 Å². The van der Waals surface area contributed by atoms with Crippen LogP contribution in [0.5, 0.6) is 0 Å². The van der Waals surface area contributed by atoms with Crippen molar-refractivity contribution in [2.24, 2.45) is 0 Å². The molecule has 0 saturated heterocycles. The predicted octanol–water partition coefficient (Wildman–Crippen LogP) is 1.27. The number of hydrogen-bond donors (Lipinski definition) is 1. The SMILES string of the molecule is [3H]Nc1ccccc1. The predicted molar refractivity (Wildman–Crippen MR) is 30.9 cm³/mol. The molecule has 1 rings (SSSR count). The lowest BCUT2D eigenvalue weighted by atomic mass is 10.3. The Hall–Kier alpha value is -0.980. The van der Waals surface area contributed by atoms with Crippen molar-refractivity contribution in [3.8, 4) is 0 Å². The fraction of sp³-hybridized carbons (Fsp3) is 0. The van der Waals surface area contributed by atoms with Crippen molar-refractivity contribution in [1.29, 1.82) is 0 Å². The lowest BCUT2D eigenvalue weighted by Gasteiger charge is -1.83. The van der Waals surface area contributed by atoms with Gasteiger partial charge in [-0.25, -0.2) is 0 Å². The van der Waals surface area contributed by atoms with E-state index < -0.39 is 0 Å². The number of benzene rings is 1. The molecule has 1 aromatic rings. The van der Waals surface area contributed by atoms with Gasteiger partial charge in [-0.2, -0.15) is 0 Å². The first-order chi connectivity index (χ1) is 3.93. The van der Waals surface area contributed by atoms with Crippen LogP contribution in [0.3, 0.4) is 0 Å². The van der Waals surface area contributed by atoms with E-state index in [1.807, 2.05) is 30.3 Å². The molecule has 7 heavy (non-hydrogen) atoms. The third kappa shape index (κ3) is 0.929. The van der Waals surface area contributed by atoms with Crippen LogP contribution < -0.4 is 5.73 Å². The normalized spacial score (nSPS) is 10.0. The quantitative estimate of drug-likeness (QED) is 0.522. The Bertz CT molecular complexity index is 150. The van der Waals surface area contributed by atoms with E-state index in [0.29, 0.717) is 0 Å². The van der Waals surface area contributed by atoms with Crippen LogP contribution in [0.2, 0.25) is 1.41 Å². The minimum atomic E-state index is 0.826. The number of nitrogens with two attached hydrogens (primary N) is 1. The largest absolute Gasteiger partial charge is 0.399 e. The maximum Gasteiger partial charge on any atom is 0.156 e. The van der Waals surface area contributed by atoms with Crippen molar-refractivity contribution >= 4 is 5.69 Å². The van der Waals surface area contributed by atoms with Gasteiger partial charge in [0.2, 0.25) is 0 Å². The van der Waals surface area contributed by atoms with E-state index in [2.05, 4.69) is 5.73 Å². The Balaban J connectivity index is 2.83. The fourth-order valence-corrected chi connectivity index (χ4v) is 0.438. The van der Waals surface area contributed by atoms with Crippen LogP contribution in [0.15, 0.2) is 30.3 Å².